The van der Waals surface area contributed by atoms with Crippen molar-refractivity contribution in [3.05, 3.63) is 56.9 Å². The second-order valence-corrected chi connectivity index (χ2v) is 5.63. The molecule has 0 unspecified atom stereocenters. The third kappa shape index (κ3) is 4.26. The highest BCUT2D eigenvalue weighted by Gasteiger charge is 2.25. The summed E-state index contributed by atoms with van der Waals surface area (Å²) in [7, 11) is 1.44. The summed E-state index contributed by atoms with van der Waals surface area (Å²) in [4.78, 5) is 38.9. The van der Waals surface area contributed by atoms with Crippen molar-refractivity contribution >= 4 is 17.6 Å². The Morgan fingerprint density at radius 1 is 1.15 bits per heavy atom. The van der Waals surface area contributed by atoms with Crippen molar-refractivity contribution < 1.29 is 29.1 Å². The Balaban J connectivity index is 2.75. The van der Waals surface area contributed by atoms with Crippen molar-refractivity contribution in [2.24, 2.45) is 0 Å². The maximum atomic E-state index is 12.6. The van der Waals surface area contributed by atoms with E-state index in [0.717, 1.165) is 0 Å². The molecule has 1 aromatic carbocycles. The van der Waals surface area contributed by atoms with Gasteiger partial charge in [-0.3, -0.25) is 15.1 Å². The van der Waals surface area contributed by atoms with Gasteiger partial charge in [0.25, 0.3) is 5.69 Å². The number of aromatic nitrogens is 1. The predicted molar refractivity (Wildman–Crippen MR) is 92.3 cm³/mol. The Bertz CT molecular complexity index is 909. The fraction of sp³-hybridized carbons (Fsp3) is 0.278. The minimum absolute atomic E-state index is 0.0221. The number of nitrogens with zero attached hydrogens (tertiary/aromatic N) is 2. The first-order valence-electron chi connectivity index (χ1n) is 7.91. The molecule has 9 nitrogen and oxygen atoms in total. The summed E-state index contributed by atoms with van der Waals surface area (Å²) >= 11 is 0. The number of nitro groups is 1. The smallest absolute Gasteiger partial charge is 0.340 e. The Kier molecular flexibility index (Phi) is 6.19. The molecule has 0 aliphatic heterocycles. The standard InChI is InChI=1S/C18H18N2O7/c1-10-14(17(21)22)16(12-5-4-6-13(9-12)20(24)25)15(11(2)19-10)18(23)27-8-7-26-3/h4-6,9H,7-8H2,1-3H3,(H,21,22)/p-1. The zero-order valence-electron chi connectivity index (χ0n) is 15.0. The van der Waals surface area contributed by atoms with Crippen LogP contribution in [-0.2, 0) is 9.47 Å². The number of carbonyl (C=O) groups excluding carboxylic acids is 2. The number of benzene rings is 1. The van der Waals surface area contributed by atoms with Crippen LogP contribution in [0.25, 0.3) is 11.1 Å². The number of non-ortho nitro benzene ring substituents is 1. The Morgan fingerprint density at radius 3 is 2.41 bits per heavy atom. The van der Waals surface area contributed by atoms with Gasteiger partial charge in [0.2, 0.25) is 0 Å². The van der Waals surface area contributed by atoms with Crippen LogP contribution in [0.5, 0.6) is 0 Å². The lowest BCUT2D eigenvalue weighted by Crippen LogP contribution is -2.27. The SMILES string of the molecule is COCCOC(=O)c1c(C)nc(C)c(C(=O)[O-])c1-c1cccc([N+](=O)[O-])c1. The van der Waals surface area contributed by atoms with Crippen LogP contribution in [0, 0.1) is 24.0 Å². The summed E-state index contributed by atoms with van der Waals surface area (Å²) in [6.07, 6.45) is 0. The van der Waals surface area contributed by atoms with Crippen molar-refractivity contribution in [3.63, 3.8) is 0 Å². The highest BCUT2D eigenvalue weighted by atomic mass is 16.6. The van der Waals surface area contributed by atoms with E-state index in [-0.39, 0.29) is 52.5 Å². The summed E-state index contributed by atoms with van der Waals surface area (Å²) in [6, 6.07) is 5.32. The lowest BCUT2D eigenvalue weighted by Gasteiger charge is -2.19. The van der Waals surface area contributed by atoms with Gasteiger partial charge < -0.3 is 19.4 Å². The van der Waals surface area contributed by atoms with Gasteiger partial charge in [0, 0.05) is 36.1 Å². The maximum Gasteiger partial charge on any atom is 0.340 e. The number of nitro benzene ring substituents is 1. The molecule has 0 atom stereocenters. The Hall–Kier alpha value is -3.33. The van der Waals surface area contributed by atoms with E-state index in [1.807, 2.05) is 0 Å². The van der Waals surface area contributed by atoms with E-state index < -0.39 is 16.9 Å². The van der Waals surface area contributed by atoms with E-state index in [2.05, 4.69) is 4.98 Å². The quantitative estimate of drug-likeness (QED) is 0.308. The summed E-state index contributed by atoms with van der Waals surface area (Å²) in [6.45, 7) is 3.10. The average Bonchev–Trinajstić information content (AvgIpc) is 2.60. The fourth-order valence-electron chi connectivity index (χ4n) is 2.70. The van der Waals surface area contributed by atoms with Crippen LogP contribution >= 0.6 is 0 Å². The monoisotopic (exact) mass is 373 g/mol. The fourth-order valence-corrected chi connectivity index (χ4v) is 2.70. The number of carbonyl (C=O) groups is 2. The lowest BCUT2D eigenvalue weighted by atomic mass is 9.92. The van der Waals surface area contributed by atoms with E-state index in [1.165, 1.54) is 45.2 Å². The van der Waals surface area contributed by atoms with Gasteiger partial charge in [0.15, 0.2) is 0 Å². The van der Waals surface area contributed by atoms with Crippen LogP contribution in [0.4, 0.5) is 5.69 Å². The van der Waals surface area contributed by atoms with Crippen LogP contribution in [0.3, 0.4) is 0 Å². The Labute approximate surface area is 154 Å². The molecule has 27 heavy (non-hydrogen) atoms. The van der Waals surface area contributed by atoms with Gasteiger partial charge in [-0.05, 0) is 19.4 Å². The molecule has 2 rings (SSSR count). The van der Waals surface area contributed by atoms with Crippen LogP contribution in [-0.4, -0.2) is 42.2 Å². The summed E-state index contributed by atoms with van der Waals surface area (Å²) < 4.78 is 9.94. The molecule has 0 fully saturated rings. The summed E-state index contributed by atoms with van der Waals surface area (Å²) in [5, 5.41) is 22.8. The van der Waals surface area contributed by atoms with Gasteiger partial charge in [-0.25, -0.2) is 4.79 Å². The van der Waals surface area contributed by atoms with E-state index in [0.29, 0.717) is 0 Å². The van der Waals surface area contributed by atoms with Crippen LogP contribution in [0.15, 0.2) is 24.3 Å². The molecule has 142 valence electrons. The molecule has 0 amide bonds. The molecule has 1 aromatic heterocycles. The van der Waals surface area contributed by atoms with Crippen molar-refractivity contribution in [1.82, 2.24) is 4.98 Å². The minimum Gasteiger partial charge on any atom is -0.545 e. The highest BCUT2D eigenvalue weighted by molar-refractivity contribution is 6.06. The van der Waals surface area contributed by atoms with Gasteiger partial charge in [-0.1, -0.05) is 12.1 Å². The summed E-state index contributed by atoms with van der Waals surface area (Å²) in [5.74, 6) is -2.35. The van der Waals surface area contributed by atoms with Crippen molar-refractivity contribution in [1.29, 1.82) is 0 Å². The second-order valence-electron chi connectivity index (χ2n) is 5.63. The number of ether oxygens (including phenoxy) is 2. The van der Waals surface area contributed by atoms with Gasteiger partial charge >= 0.3 is 5.97 Å². The van der Waals surface area contributed by atoms with Crippen LogP contribution in [0.2, 0.25) is 0 Å². The number of carboxylic acid groups (broad SMARTS) is 1. The maximum absolute atomic E-state index is 12.6. The second kappa shape index (κ2) is 8.37. The third-order valence-electron chi connectivity index (χ3n) is 3.83. The van der Waals surface area contributed by atoms with Gasteiger partial charge in [-0.2, -0.15) is 0 Å². The molecule has 0 saturated heterocycles. The topological polar surface area (TPSA) is 132 Å². The van der Waals surface area contributed by atoms with E-state index in [9.17, 15) is 24.8 Å². The molecule has 0 radical (unpaired) electrons. The highest BCUT2D eigenvalue weighted by Crippen LogP contribution is 2.33. The third-order valence-corrected chi connectivity index (χ3v) is 3.83. The number of esters is 1. The normalized spacial score (nSPS) is 10.5. The molecular formula is C18H17N2O7-. The van der Waals surface area contributed by atoms with E-state index in [1.54, 1.807) is 0 Å². The number of methoxy groups -OCH3 is 1. The van der Waals surface area contributed by atoms with Crippen molar-refractivity contribution in [3.8, 4) is 11.1 Å². The molecule has 2 aromatic rings. The molecule has 9 heteroatoms. The van der Waals surface area contributed by atoms with Crippen LogP contribution in [0.1, 0.15) is 32.1 Å². The molecule has 1 heterocycles. The number of aryl methyl sites for hydroxylation is 2. The van der Waals surface area contributed by atoms with Crippen molar-refractivity contribution in [2.75, 3.05) is 20.3 Å². The zero-order valence-corrected chi connectivity index (χ0v) is 15.0. The largest absolute Gasteiger partial charge is 0.545 e. The molecule has 0 aliphatic rings. The van der Waals surface area contributed by atoms with Crippen molar-refractivity contribution in [2.45, 2.75) is 13.8 Å². The number of pyridine rings is 1. The van der Waals surface area contributed by atoms with Gasteiger partial charge in [0.05, 0.1) is 28.8 Å². The van der Waals surface area contributed by atoms with Gasteiger partial charge in [-0.15, -0.1) is 0 Å². The molecule has 0 saturated carbocycles. The molecule has 0 bridgehead atoms. The number of hydrogen-bond acceptors (Lipinski definition) is 8. The number of rotatable bonds is 7. The summed E-state index contributed by atoms with van der Waals surface area (Å²) in [5.41, 5.74) is -0.135. The number of hydrogen-bond donors (Lipinski definition) is 0. The average molecular weight is 373 g/mol. The number of aromatic carboxylic acids is 1. The number of carboxylic acids is 1. The molecule has 0 aliphatic carbocycles. The first kappa shape index (κ1) is 20.0. The molecule has 0 N–H and O–H groups in total. The predicted octanol–water partition coefficient (Wildman–Crippen LogP) is 1.44. The first-order valence-corrected chi connectivity index (χ1v) is 7.91. The molecule has 0 spiro atoms. The minimum atomic E-state index is -1.55. The lowest BCUT2D eigenvalue weighted by molar-refractivity contribution is -0.384. The van der Waals surface area contributed by atoms with E-state index >= 15 is 0 Å². The first-order chi connectivity index (χ1) is 12.8. The zero-order chi connectivity index (χ0) is 20.1. The molecular weight excluding hydrogens is 356 g/mol. The Morgan fingerprint density at radius 2 is 1.81 bits per heavy atom. The van der Waals surface area contributed by atoms with Crippen LogP contribution < -0.4 is 5.11 Å². The van der Waals surface area contributed by atoms with Gasteiger partial charge in [0.1, 0.15) is 6.61 Å². The van der Waals surface area contributed by atoms with E-state index in [4.69, 9.17) is 9.47 Å².